The number of aliphatic hydroxyl groups excluding tert-OH is 1. The van der Waals surface area contributed by atoms with Crippen molar-refractivity contribution in [1.82, 2.24) is 29.3 Å². The van der Waals surface area contributed by atoms with Crippen LogP contribution in [0, 0.1) is 18.8 Å². The second-order valence-electron chi connectivity index (χ2n) is 15.7. The van der Waals surface area contributed by atoms with Gasteiger partial charge in [-0.1, -0.05) is 41.9 Å². The summed E-state index contributed by atoms with van der Waals surface area (Å²) in [7, 11) is 1.90. The fourth-order valence-electron chi connectivity index (χ4n) is 8.85. The molecule has 1 aliphatic carbocycles. The third-order valence-corrected chi connectivity index (χ3v) is 12.4. The van der Waals surface area contributed by atoms with E-state index < -0.39 is 5.97 Å². The van der Waals surface area contributed by atoms with Crippen LogP contribution in [0.15, 0.2) is 60.9 Å². The number of benzene rings is 2. The standard InChI is InChI=1S/C43H48ClN7O4/c1-26-30(20-36-40-31(13-16-45-36)19-28(21-46-40)23-50-17-14-32(52)24-50)5-3-6-33(26)34-7-4-8-35(39(34)44)48-42(53)41-47-37-25-51(18-15-38(37)49(41)2)22-27-9-11-29(12-10-27)43(54)55/h3-8,13,16,19,21,27,29,32,52H,9-12,14-15,17-18,20,22-25H2,1-2H3,(H,48,53)(H,54,55)/t27?,29?,32-/m0/s1. The van der Waals surface area contributed by atoms with Gasteiger partial charge in [0.1, 0.15) is 0 Å². The Morgan fingerprint density at radius 1 is 0.982 bits per heavy atom. The number of rotatable bonds is 10. The van der Waals surface area contributed by atoms with E-state index in [1.165, 1.54) is 0 Å². The highest BCUT2D eigenvalue weighted by molar-refractivity contribution is 6.36. The molecule has 55 heavy (non-hydrogen) atoms. The number of anilines is 1. The Morgan fingerprint density at radius 2 is 1.78 bits per heavy atom. The number of carbonyl (C=O) groups is 2. The van der Waals surface area contributed by atoms with Crippen LogP contribution in [0.1, 0.15) is 76.5 Å². The lowest BCUT2D eigenvalue weighted by Gasteiger charge is -2.33. The van der Waals surface area contributed by atoms with Gasteiger partial charge in [0.2, 0.25) is 0 Å². The van der Waals surface area contributed by atoms with Crippen LogP contribution in [-0.2, 0) is 37.8 Å². The molecule has 1 saturated carbocycles. The van der Waals surface area contributed by atoms with Gasteiger partial charge in [0.25, 0.3) is 5.91 Å². The highest BCUT2D eigenvalue weighted by Gasteiger charge is 2.30. The van der Waals surface area contributed by atoms with Gasteiger partial charge in [-0.3, -0.25) is 29.4 Å². The minimum Gasteiger partial charge on any atom is -0.481 e. The first-order valence-corrected chi connectivity index (χ1v) is 19.8. The normalized spacial score (nSPS) is 20.5. The van der Waals surface area contributed by atoms with E-state index in [9.17, 15) is 19.8 Å². The molecule has 5 aromatic rings. The number of likely N-dealkylation sites (tertiary alicyclic amines) is 1. The van der Waals surface area contributed by atoms with Crippen molar-refractivity contribution in [2.24, 2.45) is 18.9 Å². The number of fused-ring (bicyclic) bond motifs is 2. The first-order chi connectivity index (χ1) is 26.6. The molecule has 286 valence electrons. The molecule has 11 nitrogen and oxygen atoms in total. The molecule has 2 aromatic carbocycles. The third kappa shape index (κ3) is 7.89. The number of hydrogen-bond acceptors (Lipinski definition) is 8. The third-order valence-electron chi connectivity index (χ3n) is 12.0. The zero-order valence-corrected chi connectivity index (χ0v) is 32.2. The van der Waals surface area contributed by atoms with Gasteiger partial charge in [-0.15, -0.1) is 0 Å². The van der Waals surface area contributed by atoms with Crippen molar-refractivity contribution in [2.45, 2.75) is 71.1 Å². The first-order valence-electron chi connectivity index (χ1n) is 19.4. The van der Waals surface area contributed by atoms with Crippen LogP contribution in [0.25, 0.3) is 22.0 Å². The average Bonchev–Trinajstić information content (AvgIpc) is 3.74. The Morgan fingerprint density at radius 3 is 2.56 bits per heavy atom. The predicted molar refractivity (Wildman–Crippen MR) is 213 cm³/mol. The summed E-state index contributed by atoms with van der Waals surface area (Å²) in [6, 6.07) is 16.1. The zero-order chi connectivity index (χ0) is 38.2. The van der Waals surface area contributed by atoms with Gasteiger partial charge in [-0.2, -0.15) is 0 Å². The smallest absolute Gasteiger partial charge is 0.306 e. The number of pyridine rings is 2. The molecule has 0 unspecified atom stereocenters. The molecule has 1 saturated heterocycles. The largest absolute Gasteiger partial charge is 0.481 e. The molecule has 1 atom stereocenters. The molecule has 0 spiro atoms. The Bertz CT molecular complexity index is 2250. The molecule has 3 aliphatic rings. The van der Waals surface area contributed by atoms with Crippen molar-refractivity contribution in [3.63, 3.8) is 0 Å². The summed E-state index contributed by atoms with van der Waals surface area (Å²) in [6.45, 7) is 6.94. The van der Waals surface area contributed by atoms with Crippen LogP contribution in [0.3, 0.4) is 0 Å². The number of nitrogens with one attached hydrogen (secondary N) is 1. The number of aliphatic carboxylic acids is 1. The summed E-state index contributed by atoms with van der Waals surface area (Å²) in [5.74, 6) is -0.349. The van der Waals surface area contributed by atoms with Gasteiger partial charge in [0.05, 0.1) is 39.6 Å². The SMILES string of the molecule is Cc1c(Cc2nccc3cc(CN4CC[C@H](O)C4)cnc23)cccc1-c1cccc(NC(=O)c2nc3c(n2C)CCN(CC2CCC(C(=O)O)CC2)C3)c1Cl. The van der Waals surface area contributed by atoms with Crippen LogP contribution in [0.4, 0.5) is 5.69 Å². The molecule has 1 amide bonds. The second kappa shape index (κ2) is 15.8. The topological polar surface area (TPSA) is 137 Å². The van der Waals surface area contributed by atoms with Crippen molar-refractivity contribution >= 4 is 40.1 Å². The Labute approximate surface area is 326 Å². The van der Waals surface area contributed by atoms with Crippen LogP contribution in [0.5, 0.6) is 0 Å². The summed E-state index contributed by atoms with van der Waals surface area (Å²) < 4.78 is 1.90. The lowest BCUT2D eigenvalue weighted by molar-refractivity contribution is -0.143. The molecule has 2 aliphatic heterocycles. The molecule has 0 bridgehead atoms. The van der Waals surface area contributed by atoms with E-state index in [4.69, 9.17) is 26.6 Å². The lowest BCUT2D eigenvalue weighted by Crippen LogP contribution is -2.36. The Hall–Kier alpha value is -4.68. The molecule has 0 radical (unpaired) electrons. The van der Waals surface area contributed by atoms with Crippen molar-refractivity contribution in [1.29, 1.82) is 0 Å². The van der Waals surface area contributed by atoms with Gasteiger partial charge < -0.3 is 20.1 Å². The number of carbonyl (C=O) groups excluding carboxylic acids is 1. The number of halogens is 1. The summed E-state index contributed by atoms with van der Waals surface area (Å²) in [4.78, 5) is 44.2. The van der Waals surface area contributed by atoms with Crippen molar-refractivity contribution in [3.8, 4) is 11.1 Å². The van der Waals surface area contributed by atoms with Crippen LogP contribution < -0.4 is 5.32 Å². The van der Waals surface area contributed by atoms with Gasteiger partial charge >= 0.3 is 5.97 Å². The van der Waals surface area contributed by atoms with Crippen molar-refractivity contribution in [3.05, 3.63) is 106 Å². The number of aromatic nitrogens is 4. The van der Waals surface area contributed by atoms with Gasteiger partial charge in [0, 0.05) is 88.2 Å². The van der Waals surface area contributed by atoms with Gasteiger partial charge in [0.15, 0.2) is 5.82 Å². The molecule has 3 aromatic heterocycles. The van der Waals surface area contributed by atoms with Crippen molar-refractivity contribution in [2.75, 3.05) is 31.5 Å². The maximum absolute atomic E-state index is 13.7. The van der Waals surface area contributed by atoms with E-state index in [1.807, 2.05) is 54.3 Å². The number of imidazole rings is 1. The fraction of sp³-hybridized carbons (Fsp3) is 0.419. The number of carboxylic acids is 1. The van der Waals surface area contributed by atoms with Gasteiger partial charge in [-0.05, 0) is 85.4 Å². The van der Waals surface area contributed by atoms with E-state index >= 15 is 0 Å². The number of aliphatic hydroxyl groups is 1. The highest BCUT2D eigenvalue weighted by Crippen LogP contribution is 2.37. The molecule has 2 fully saturated rings. The minimum atomic E-state index is -0.674. The molecule has 5 heterocycles. The van der Waals surface area contributed by atoms with Gasteiger partial charge in [-0.25, -0.2) is 4.98 Å². The van der Waals surface area contributed by atoms with Crippen LogP contribution in [-0.4, -0.2) is 83.7 Å². The summed E-state index contributed by atoms with van der Waals surface area (Å²) >= 11 is 7.08. The number of carboxylic acid groups (broad SMARTS) is 1. The van der Waals surface area contributed by atoms with E-state index in [-0.39, 0.29) is 17.9 Å². The lowest BCUT2D eigenvalue weighted by atomic mass is 9.81. The van der Waals surface area contributed by atoms with E-state index in [0.29, 0.717) is 42.0 Å². The highest BCUT2D eigenvalue weighted by atomic mass is 35.5. The molecular weight excluding hydrogens is 714 g/mol. The molecule has 3 N–H and O–H groups in total. The first kappa shape index (κ1) is 37.3. The fourth-order valence-corrected chi connectivity index (χ4v) is 9.13. The molecule has 12 heteroatoms. The quantitative estimate of drug-likeness (QED) is 0.143. The maximum atomic E-state index is 13.7. The molecule has 8 rings (SSSR count). The molecular formula is C43H48ClN7O4. The van der Waals surface area contributed by atoms with E-state index in [1.54, 1.807) is 0 Å². The number of amides is 1. The second-order valence-corrected chi connectivity index (χ2v) is 16.0. The summed E-state index contributed by atoms with van der Waals surface area (Å²) in [6.07, 6.45) is 9.10. The monoisotopic (exact) mass is 761 g/mol. The summed E-state index contributed by atoms with van der Waals surface area (Å²) in [5, 5.41) is 23.9. The van der Waals surface area contributed by atoms with Crippen LogP contribution in [0.2, 0.25) is 5.02 Å². The summed E-state index contributed by atoms with van der Waals surface area (Å²) in [5.41, 5.74) is 9.41. The van der Waals surface area contributed by atoms with Crippen molar-refractivity contribution < 1.29 is 19.8 Å². The zero-order valence-electron chi connectivity index (χ0n) is 31.5. The Kier molecular flexibility index (Phi) is 10.7. The number of β-amino-alcohol motifs (C(OH)–C–C–N with tert-alkyl or cyclic N) is 1. The van der Waals surface area contributed by atoms with E-state index in [2.05, 4.69) is 40.2 Å². The minimum absolute atomic E-state index is 0.210. The predicted octanol–water partition coefficient (Wildman–Crippen LogP) is 6.65. The average molecular weight is 762 g/mol. The van der Waals surface area contributed by atoms with E-state index in [0.717, 1.165) is 121 Å². The van der Waals surface area contributed by atoms with Crippen LogP contribution >= 0.6 is 11.6 Å². The number of nitrogens with zero attached hydrogens (tertiary/aromatic N) is 6. The maximum Gasteiger partial charge on any atom is 0.306 e. The number of hydrogen-bond donors (Lipinski definition) is 3. The Balaban J connectivity index is 0.959.